The summed E-state index contributed by atoms with van der Waals surface area (Å²) in [5.41, 5.74) is 0.749. The fraction of sp³-hybridized carbons (Fsp3) is 0.667. The van der Waals surface area contributed by atoms with Crippen molar-refractivity contribution in [2.24, 2.45) is 0 Å². The first-order chi connectivity index (χ1) is 7.24. The number of nitrogens with zero attached hydrogens (tertiary/aromatic N) is 2. The van der Waals surface area contributed by atoms with E-state index in [0.29, 0.717) is 0 Å². The highest BCUT2D eigenvalue weighted by atomic mass is 16.3. The average Bonchev–Trinajstić information content (AvgIpc) is 2.24. The number of unbranched alkanes of at least 4 members (excludes halogenated alkanes) is 3. The molecule has 1 rings (SSSR count). The van der Waals surface area contributed by atoms with Crippen molar-refractivity contribution in [3.63, 3.8) is 0 Å². The minimum absolute atomic E-state index is 0.427. The molecule has 1 N–H and O–H groups in total. The summed E-state index contributed by atoms with van der Waals surface area (Å²) in [5.74, 6) is 0.722. The van der Waals surface area contributed by atoms with Gasteiger partial charge in [-0.2, -0.15) is 0 Å². The zero-order valence-electron chi connectivity index (χ0n) is 9.61. The topological polar surface area (TPSA) is 46.0 Å². The molecule has 1 heterocycles. The predicted molar refractivity (Wildman–Crippen MR) is 60.5 cm³/mol. The molecule has 1 atom stereocenters. The summed E-state index contributed by atoms with van der Waals surface area (Å²) in [6.45, 7) is 4.03. The van der Waals surface area contributed by atoms with E-state index in [4.69, 9.17) is 0 Å². The fourth-order valence-electron chi connectivity index (χ4n) is 1.57. The van der Waals surface area contributed by atoms with Gasteiger partial charge in [0.25, 0.3) is 0 Å². The maximum absolute atomic E-state index is 9.85. The van der Waals surface area contributed by atoms with Crippen LogP contribution in [0, 0.1) is 6.92 Å². The summed E-state index contributed by atoms with van der Waals surface area (Å²) >= 11 is 0. The van der Waals surface area contributed by atoms with Gasteiger partial charge in [-0.3, -0.25) is 0 Å². The highest BCUT2D eigenvalue weighted by molar-refractivity contribution is 5.04. The van der Waals surface area contributed by atoms with Crippen molar-refractivity contribution < 1.29 is 5.11 Å². The van der Waals surface area contributed by atoms with Gasteiger partial charge in [0.05, 0.1) is 11.8 Å². The standard InChI is InChI=1S/C12H20N2O/c1-3-4-5-6-7-12(15)11-8-9-13-10(2)14-11/h8-9,12,15H,3-7H2,1-2H3. The highest BCUT2D eigenvalue weighted by Crippen LogP contribution is 2.17. The molecule has 0 aliphatic carbocycles. The van der Waals surface area contributed by atoms with Crippen molar-refractivity contribution in [1.29, 1.82) is 0 Å². The van der Waals surface area contributed by atoms with Crippen molar-refractivity contribution in [2.45, 2.75) is 52.1 Å². The van der Waals surface area contributed by atoms with Crippen molar-refractivity contribution in [3.05, 3.63) is 23.8 Å². The first kappa shape index (κ1) is 12.1. The van der Waals surface area contributed by atoms with E-state index in [1.165, 1.54) is 19.3 Å². The van der Waals surface area contributed by atoms with Crippen molar-refractivity contribution >= 4 is 0 Å². The van der Waals surface area contributed by atoms with E-state index in [0.717, 1.165) is 24.4 Å². The van der Waals surface area contributed by atoms with Crippen LogP contribution in [0.4, 0.5) is 0 Å². The Morgan fingerprint density at radius 2 is 2.13 bits per heavy atom. The van der Waals surface area contributed by atoms with Crippen LogP contribution in [0.5, 0.6) is 0 Å². The number of rotatable bonds is 6. The number of aryl methyl sites for hydroxylation is 1. The van der Waals surface area contributed by atoms with Gasteiger partial charge in [-0.1, -0.05) is 32.6 Å². The van der Waals surface area contributed by atoms with Crippen molar-refractivity contribution in [1.82, 2.24) is 9.97 Å². The zero-order chi connectivity index (χ0) is 11.1. The van der Waals surface area contributed by atoms with E-state index >= 15 is 0 Å². The van der Waals surface area contributed by atoms with Crippen LogP contribution < -0.4 is 0 Å². The van der Waals surface area contributed by atoms with Gasteiger partial charge in [0.15, 0.2) is 0 Å². The Balaban J connectivity index is 2.36. The summed E-state index contributed by atoms with van der Waals surface area (Å²) in [6.07, 6.45) is 6.81. The molecular weight excluding hydrogens is 188 g/mol. The third kappa shape index (κ3) is 4.38. The number of hydrogen-bond donors (Lipinski definition) is 1. The summed E-state index contributed by atoms with van der Waals surface area (Å²) < 4.78 is 0. The third-order valence-corrected chi connectivity index (χ3v) is 2.47. The Kier molecular flexibility index (Phi) is 5.26. The van der Waals surface area contributed by atoms with Gasteiger partial charge >= 0.3 is 0 Å². The second-order valence-corrected chi connectivity index (χ2v) is 3.89. The van der Waals surface area contributed by atoms with Crippen LogP contribution in [0.2, 0.25) is 0 Å². The number of hydrogen-bond acceptors (Lipinski definition) is 3. The molecule has 0 spiro atoms. The monoisotopic (exact) mass is 208 g/mol. The molecule has 3 nitrogen and oxygen atoms in total. The SMILES string of the molecule is CCCCCCC(O)c1ccnc(C)n1. The minimum Gasteiger partial charge on any atom is -0.387 e. The number of aromatic nitrogens is 2. The lowest BCUT2D eigenvalue weighted by Gasteiger charge is -2.09. The largest absolute Gasteiger partial charge is 0.387 e. The Bertz CT molecular complexity index is 289. The molecule has 0 aromatic carbocycles. The van der Waals surface area contributed by atoms with Crippen molar-refractivity contribution in [2.75, 3.05) is 0 Å². The van der Waals surface area contributed by atoms with Gasteiger partial charge < -0.3 is 5.11 Å². The summed E-state index contributed by atoms with van der Waals surface area (Å²) in [5, 5.41) is 9.85. The molecule has 84 valence electrons. The van der Waals surface area contributed by atoms with Crippen LogP contribution in [0.15, 0.2) is 12.3 Å². The predicted octanol–water partition coefficient (Wildman–Crippen LogP) is 2.79. The molecule has 0 fully saturated rings. The molecule has 3 heteroatoms. The van der Waals surface area contributed by atoms with Gasteiger partial charge in [-0.25, -0.2) is 9.97 Å². The van der Waals surface area contributed by atoms with Crippen LogP contribution in [0.3, 0.4) is 0 Å². The van der Waals surface area contributed by atoms with Crippen LogP contribution in [0.25, 0.3) is 0 Å². The van der Waals surface area contributed by atoms with Crippen LogP contribution >= 0.6 is 0 Å². The first-order valence-electron chi connectivity index (χ1n) is 5.71. The summed E-state index contributed by atoms with van der Waals surface area (Å²) in [6, 6.07) is 1.79. The molecule has 0 bridgehead atoms. The molecule has 1 aromatic heterocycles. The van der Waals surface area contributed by atoms with Crippen LogP contribution in [-0.4, -0.2) is 15.1 Å². The first-order valence-corrected chi connectivity index (χ1v) is 5.71. The molecule has 0 radical (unpaired) electrons. The molecule has 1 unspecified atom stereocenters. The van der Waals surface area contributed by atoms with Gasteiger partial charge in [-0.05, 0) is 19.4 Å². The maximum atomic E-state index is 9.85. The van der Waals surface area contributed by atoms with E-state index in [1.54, 1.807) is 12.3 Å². The maximum Gasteiger partial charge on any atom is 0.125 e. The third-order valence-electron chi connectivity index (χ3n) is 2.47. The zero-order valence-corrected chi connectivity index (χ0v) is 9.61. The molecule has 0 aliphatic heterocycles. The molecule has 0 amide bonds. The van der Waals surface area contributed by atoms with Crippen LogP contribution in [0.1, 0.15) is 56.7 Å². The van der Waals surface area contributed by atoms with E-state index in [-0.39, 0.29) is 0 Å². The molecule has 1 aromatic rings. The molecule has 0 saturated carbocycles. The Labute approximate surface area is 91.6 Å². The van der Waals surface area contributed by atoms with Crippen molar-refractivity contribution in [3.8, 4) is 0 Å². The lowest BCUT2D eigenvalue weighted by Crippen LogP contribution is -2.02. The number of aliphatic hydroxyl groups is 1. The van der Waals surface area contributed by atoms with Gasteiger partial charge in [0.2, 0.25) is 0 Å². The second-order valence-electron chi connectivity index (χ2n) is 3.89. The van der Waals surface area contributed by atoms with Crippen LogP contribution in [-0.2, 0) is 0 Å². The lowest BCUT2D eigenvalue weighted by atomic mass is 10.1. The molecule has 15 heavy (non-hydrogen) atoms. The fourth-order valence-corrected chi connectivity index (χ4v) is 1.57. The highest BCUT2D eigenvalue weighted by Gasteiger charge is 2.08. The van der Waals surface area contributed by atoms with E-state index in [9.17, 15) is 5.11 Å². The lowest BCUT2D eigenvalue weighted by molar-refractivity contribution is 0.158. The summed E-state index contributed by atoms with van der Waals surface area (Å²) in [4.78, 5) is 8.22. The molecular formula is C12H20N2O. The normalized spacial score (nSPS) is 12.7. The average molecular weight is 208 g/mol. The van der Waals surface area contributed by atoms with E-state index in [2.05, 4.69) is 16.9 Å². The van der Waals surface area contributed by atoms with Gasteiger partial charge in [0, 0.05) is 6.20 Å². The number of aliphatic hydroxyl groups excluding tert-OH is 1. The van der Waals surface area contributed by atoms with Gasteiger partial charge in [0.1, 0.15) is 5.82 Å². The van der Waals surface area contributed by atoms with E-state index < -0.39 is 6.10 Å². The Hall–Kier alpha value is -0.960. The molecule has 0 saturated heterocycles. The van der Waals surface area contributed by atoms with Gasteiger partial charge in [-0.15, -0.1) is 0 Å². The molecule has 0 aliphatic rings. The smallest absolute Gasteiger partial charge is 0.125 e. The quantitative estimate of drug-likeness (QED) is 0.731. The Morgan fingerprint density at radius 3 is 2.80 bits per heavy atom. The second kappa shape index (κ2) is 6.51. The Morgan fingerprint density at radius 1 is 1.33 bits per heavy atom. The summed E-state index contributed by atoms with van der Waals surface area (Å²) in [7, 11) is 0. The van der Waals surface area contributed by atoms with E-state index in [1.807, 2.05) is 6.92 Å². The minimum atomic E-state index is -0.427.